The Balaban J connectivity index is 2.18. The fourth-order valence-electron chi connectivity index (χ4n) is 1.97. The summed E-state index contributed by atoms with van der Waals surface area (Å²) < 4.78 is 0. The molecule has 2 rings (SSSR count). The molecule has 2 heterocycles. The topological polar surface area (TPSA) is 42.2 Å². The minimum absolute atomic E-state index is 0.102. The van der Waals surface area contributed by atoms with Crippen molar-refractivity contribution in [1.82, 2.24) is 9.88 Å². The molecule has 0 saturated heterocycles. The van der Waals surface area contributed by atoms with Gasteiger partial charge in [-0.3, -0.25) is 4.90 Å². The second-order valence-electron chi connectivity index (χ2n) is 4.81. The molecule has 0 bridgehead atoms. The highest BCUT2D eigenvalue weighted by molar-refractivity contribution is 7.11. The lowest BCUT2D eigenvalue weighted by Gasteiger charge is -2.23. The van der Waals surface area contributed by atoms with Gasteiger partial charge < -0.3 is 5.73 Å². The number of nitrogens with two attached hydrogens (primary N) is 1. The molecule has 0 saturated carbocycles. The summed E-state index contributed by atoms with van der Waals surface area (Å²) in [4.78, 5) is 8.60. The SMILES string of the molecule is CCN1CCc2nc(C(N)C(C)C)sc2C1. The maximum absolute atomic E-state index is 6.15. The maximum atomic E-state index is 6.15. The molecule has 16 heavy (non-hydrogen) atoms. The molecule has 0 fully saturated rings. The quantitative estimate of drug-likeness (QED) is 0.879. The van der Waals surface area contributed by atoms with Crippen LogP contribution in [-0.2, 0) is 13.0 Å². The van der Waals surface area contributed by atoms with Crippen LogP contribution < -0.4 is 5.73 Å². The number of thiazole rings is 1. The summed E-state index contributed by atoms with van der Waals surface area (Å²) >= 11 is 1.81. The Morgan fingerprint density at radius 2 is 2.25 bits per heavy atom. The monoisotopic (exact) mass is 239 g/mol. The summed E-state index contributed by atoms with van der Waals surface area (Å²) in [5.41, 5.74) is 7.44. The molecule has 4 heteroatoms. The van der Waals surface area contributed by atoms with Crippen molar-refractivity contribution < 1.29 is 0 Å². The third-order valence-corrected chi connectivity index (χ3v) is 4.46. The molecule has 1 aromatic rings. The van der Waals surface area contributed by atoms with Crippen molar-refractivity contribution in [3.8, 4) is 0 Å². The predicted octanol–water partition coefficient (Wildman–Crippen LogP) is 2.18. The van der Waals surface area contributed by atoms with Gasteiger partial charge in [0.15, 0.2) is 0 Å². The van der Waals surface area contributed by atoms with Crippen LogP contribution in [0.25, 0.3) is 0 Å². The predicted molar refractivity (Wildman–Crippen MR) is 68.5 cm³/mol. The number of aromatic nitrogens is 1. The third-order valence-electron chi connectivity index (χ3n) is 3.28. The Morgan fingerprint density at radius 3 is 2.88 bits per heavy atom. The number of rotatable bonds is 3. The van der Waals surface area contributed by atoms with Crippen LogP contribution in [0.2, 0.25) is 0 Å². The van der Waals surface area contributed by atoms with Crippen molar-refractivity contribution in [2.75, 3.05) is 13.1 Å². The fraction of sp³-hybridized carbons (Fsp3) is 0.750. The molecule has 1 atom stereocenters. The molecule has 0 spiro atoms. The van der Waals surface area contributed by atoms with Crippen molar-refractivity contribution in [3.63, 3.8) is 0 Å². The van der Waals surface area contributed by atoms with Gasteiger partial charge >= 0.3 is 0 Å². The van der Waals surface area contributed by atoms with Crippen LogP contribution >= 0.6 is 11.3 Å². The van der Waals surface area contributed by atoms with Crippen molar-refractivity contribution in [3.05, 3.63) is 15.6 Å². The van der Waals surface area contributed by atoms with Gasteiger partial charge in [0.2, 0.25) is 0 Å². The minimum Gasteiger partial charge on any atom is -0.322 e. The van der Waals surface area contributed by atoms with Crippen LogP contribution in [0, 0.1) is 5.92 Å². The van der Waals surface area contributed by atoms with E-state index in [1.807, 2.05) is 11.3 Å². The van der Waals surface area contributed by atoms with Gasteiger partial charge in [0.1, 0.15) is 5.01 Å². The van der Waals surface area contributed by atoms with Crippen molar-refractivity contribution >= 4 is 11.3 Å². The van der Waals surface area contributed by atoms with Gasteiger partial charge in [-0.05, 0) is 12.5 Å². The Bertz CT molecular complexity index is 359. The standard InChI is InChI=1S/C12H21N3S/c1-4-15-6-5-9-10(7-15)16-12(14-9)11(13)8(2)3/h8,11H,4-7,13H2,1-3H3. The molecule has 0 aliphatic carbocycles. The number of hydrogen-bond acceptors (Lipinski definition) is 4. The van der Waals surface area contributed by atoms with Crippen LogP contribution in [0.3, 0.4) is 0 Å². The zero-order valence-electron chi connectivity index (χ0n) is 10.4. The van der Waals surface area contributed by atoms with Crippen LogP contribution in [0.15, 0.2) is 0 Å². The van der Waals surface area contributed by atoms with E-state index in [0.29, 0.717) is 5.92 Å². The average Bonchev–Trinajstić information content (AvgIpc) is 2.69. The van der Waals surface area contributed by atoms with E-state index in [4.69, 9.17) is 10.7 Å². The van der Waals surface area contributed by atoms with E-state index in [1.165, 1.54) is 10.6 Å². The fourth-order valence-corrected chi connectivity index (χ4v) is 3.30. The van der Waals surface area contributed by atoms with E-state index >= 15 is 0 Å². The largest absolute Gasteiger partial charge is 0.322 e. The summed E-state index contributed by atoms with van der Waals surface area (Å²) in [7, 11) is 0. The van der Waals surface area contributed by atoms with E-state index in [0.717, 1.165) is 31.1 Å². The summed E-state index contributed by atoms with van der Waals surface area (Å²) in [6.07, 6.45) is 1.09. The summed E-state index contributed by atoms with van der Waals surface area (Å²) in [5.74, 6) is 0.467. The third kappa shape index (κ3) is 2.29. The second-order valence-corrected chi connectivity index (χ2v) is 5.93. The first-order valence-electron chi connectivity index (χ1n) is 6.08. The molecule has 1 unspecified atom stereocenters. The van der Waals surface area contributed by atoms with Crippen molar-refractivity contribution in [2.45, 2.75) is 39.8 Å². The number of likely N-dealkylation sites (N-methyl/N-ethyl adjacent to an activating group) is 1. The van der Waals surface area contributed by atoms with Gasteiger partial charge in [-0.1, -0.05) is 20.8 Å². The van der Waals surface area contributed by atoms with E-state index < -0.39 is 0 Å². The van der Waals surface area contributed by atoms with Gasteiger partial charge in [0.25, 0.3) is 0 Å². The molecular weight excluding hydrogens is 218 g/mol. The molecule has 0 aromatic carbocycles. The first-order chi connectivity index (χ1) is 7.61. The molecule has 0 radical (unpaired) electrons. The summed E-state index contributed by atoms with van der Waals surface area (Å²) in [6.45, 7) is 9.86. The van der Waals surface area contributed by atoms with Crippen LogP contribution in [0.1, 0.15) is 42.4 Å². The normalized spacial score (nSPS) is 18.8. The molecule has 0 amide bonds. The maximum Gasteiger partial charge on any atom is 0.110 e. The molecule has 3 nitrogen and oxygen atoms in total. The zero-order chi connectivity index (χ0) is 11.7. The van der Waals surface area contributed by atoms with Gasteiger partial charge in [-0.25, -0.2) is 4.98 Å². The first kappa shape index (κ1) is 12.0. The number of hydrogen-bond donors (Lipinski definition) is 1. The van der Waals surface area contributed by atoms with E-state index in [-0.39, 0.29) is 6.04 Å². The van der Waals surface area contributed by atoms with Crippen molar-refractivity contribution in [1.29, 1.82) is 0 Å². The van der Waals surface area contributed by atoms with Gasteiger partial charge in [-0.15, -0.1) is 11.3 Å². The Kier molecular flexibility index (Phi) is 3.62. The minimum atomic E-state index is 0.102. The van der Waals surface area contributed by atoms with E-state index in [9.17, 15) is 0 Å². The van der Waals surface area contributed by atoms with Crippen LogP contribution in [0.5, 0.6) is 0 Å². The average molecular weight is 239 g/mol. The summed E-state index contributed by atoms with van der Waals surface area (Å²) in [5, 5.41) is 1.12. The van der Waals surface area contributed by atoms with Crippen LogP contribution in [0.4, 0.5) is 0 Å². The van der Waals surface area contributed by atoms with Gasteiger partial charge in [0.05, 0.1) is 11.7 Å². The van der Waals surface area contributed by atoms with Crippen molar-refractivity contribution in [2.24, 2.45) is 11.7 Å². The first-order valence-corrected chi connectivity index (χ1v) is 6.89. The van der Waals surface area contributed by atoms with Gasteiger partial charge in [-0.2, -0.15) is 0 Å². The van der Waals surface area contributed by atoms with Gasteiger partial charge in [0, 0.05) is 24.4 Å². The second kappa shape index (κ2) is 4.82. The molecule has 1 aliphatic rings. The highest BCUT2D eigenvalue weighted by Gasteiger charge is 2.22. The highest BCUT2D eigenvalue weighted by atomic mass is 32.1. The van der Waals surface area contributed by atoms with E-state index in [2.05, 4.69) is 25.7 Å². The molecule has 90 valence electrons. The Morgan fingerprint density at radius 1 is 1.50 bits per heavy atom. The lowest BCUT2D eigenvalue weighted by Crippen LogP contribution is -2.29. The number of fused-ring (bicyclic) bond motifs is 1. The zero-order valence-corrected chi connectivity index (χ0v) is 11.2. The molecule has 2 N–H and O–H groups in total. The Hall–Kier alpha value is -0.450. The molecular formula is C12H21N3S. The number of nitrogens with zero attached hydrogens (tertiary/aromatic N) is 2. The molecule has 1 aliphatic heterocycles. The summed E-state index contributed by atoms with van der Waals surface area (Å²) in [6, 6.07) is 0.102. The van der Waals surface area contributed by atoms with Crippen LogP contribution in [-0.4, -0.2) is 23.0 Å². The Labute approximate surface area is 102 Å². The molecule has 1 aromatic heterocycles. The highest BCUT2D eigenvalue weighted by Crippen LogP contribution is 2.30. The lowest BCUT2D eigenvalue weighted by atomic mass is 10.1. The van der Waals surface area contributed by atoms with E-state index in [1.54, 1.807) is 0 Å². The smallest absolute Gasteiger partial charge is 0.110 e. The lowest BCUT2D eigenvalue weighted by molar-refractivity contribution is 0.269.